The van der Waals surface area contributed by atoms with Gasteiger partial charge in [0.05, 0.1) is 31.1 Å². The van der Waals surface area contributed by atoms with Gasteiger partial charge in [-0.15, -0.1) is 0 Å². The maximum atomic E-state index is 13.5. The fraction of sp³-hybridized carbons (Fsp3) is 0.484. The number of carboxylic acid groups (broad SMARTS) is 1. The van der Waals surface area contributed by atoms with Gasteiger partial charge >= 0.3 is 12.0 Å². The molecule has 12 heteroatoms. The standard InChI is InChI=1S/C31H38N6O6/c1-18-25(42-4)11-10-21-26(15-23(34-27(18)21)24-17-32-19(2)33-24)43-14-12-22-28(38)36-31(29(39)40)16-20(31)9-7-5-6-8-13-37(3)30(41)35-22/h7,9-11,15,17,19-20,22H,5-6,8,12-14,16H2,1-4H3,(H,35,41)(H,36,38)(H,39,40)/b9-7-/t19?,20-,22+,31-/m1/s1. The molecule has 3 amide bonds. The van der Waals surface area contributed by atoms with Gasteiger partial charge in [0.15, 0.2) is 0 Å². The van der Waals surface area contributed by atoms with Crippen molar-refractivity contribution in [3.8, 4) is 11.5 Å². The number of aliphatic carboxylic acids is 1. The molecule has 0 bridgehead atoms. The van der Waals surface area contributed by atoms with Crippen molar-refractivity contribution in [1.82, 2.24) is 20.5 Å². The van der Waals surface area contributed by atoms with E-state index < -0.39 is 29.5 Å². The van der Waals surface area contributed by atoms with Gasteiger partial charge in [-0.2, -0.15) is 0 Å². The molecule has 3 heterocycles. The summed E-state index contributed by atoms with van der Waals surface area (Å²) in [7, 11) is 3.28. The Labute approximate surface area is 250 Å². The van der Waals surface area contributed by atoms with E-state index >= 15 is 0 Å². The summed E-state index contributed by atoms with van der Waals surface area (Å²) in [6.07, 6.45) is 8.19. The summed E-state index contributed by atoms with van der Waals surface area (Å²) in [5.41, 5.74) is 1.37. The number of aliphatic imine (C=N–C) groups is 2. The number of allylic oxidation sites excluding steroid dienone is 1. The molecule has 5 rings (SSSR count). The van der Waals surface area contributed by atoms with Crippen LogP contribution in [0.15, 0.2) is 40.3 Å². The number of nitrogens with zero attached hydrogens (tertiary/aromatic N) is 4. The lowest BCUT2D eigenvalue weighted by Gasteiger charge is -2.25. The van der Waals surface area contributed by atoms with Crippen LogP contribution in [0.4, 0.5) is 4.79 Å². The molecule has 1 saturated carbocycles. The van der Waals surface area contributed by atoms with Crippen LogP contribution in [0.1, 0.15) is 50.3 Å². The van der Waals surface area contributed by atoms with Gasteiger partial charge in [-0.25, -0.2) is 14.6 Å². The molecule has 1 aromatic heterocycles. The minimum atomic E-state index is -1.37. The summed E-state index contributed by atoms with van der Waals surface area (Å²) in [6.45, 7) is 4.40. The zero-order chi connectivity index (χ0) is 30.7. The molecule has 228 valence electrons. The van der Waals surface area contributed by atoms with Gasteiger partial charge in [0.1, 0.15) is 35.0 Å². The van der Waals surface area contributed by atoms with Crippen molar-refractivity contribution < 1.29 is 29.0 Å². The van der Waals surface area contributed by atoms with E-state index in [4.69, 9.17) is 14.5 Å². The topological polar surface area (TPSA) is 155 Å². The number of fused-ring (bicyclic) bond motifs is 2. The van der Waals surface area contributed by atoms with Gasteiger partial charge in [0, 0.05) is 42.9 Å². The number of carbonyl (C=O) groups is 3. The smallest absolute Gasteiger partial charge is 0.330 e. The molecule has 2 aromatic rings. The van der Waals surface area contributed by atoms with E-state index in [1.54, 1.807) is 26.4 Å². The molecular formula is C31H38N6O6. The third-order valence-corrected chi connectivity index (χ3v) is 8.22. The number of aryl methyl sites for hydroxylation is 1. The van der Waals surface area contributed by atoms with Crippen molar-refractivity contribution in [2.24, 2.45) is 15.9 Å². The number of benzene rings is 1. The Kier molecular flexibility index (Phi) is 8.65. The van der Waals surface area contributed by atoms with Crippen LogP contribution in [0.3, 0.4) is 0 Å². The van der Waals surface area contributed by atoms with Crippen molar-refractivity contribution in [2.45, 2.75) is 63.7 Å². The minimum absolute atomic E-state index is 0.0616. The van der Waals surface area contributed by atoms with Gasteiger partial charge in [-0.05, 0) is 51.7 Å². The van der Waals surface area contributed by atoms with Crippen LogP contribution in [-0.4, -0.2) is 89.9 Å². The Balaban J connectivity index is 1.40. The molecule has 1 aromatic carbocycles. The molecular weight excluding hydrogens is 552 g/mol. The maximum absolute atomic E-state index is 13.5. The first kappa shape index (κ1) is 30.0. The molecule has 3 aliphatic rings. The van der Waals surface area contributed by atoms with E-state index in [-0.39, 0.29) is 25.1 Å². The summed E-state index contributed by atoms with van der Waals surface area (Å²) in [5, 5.41) is 16.2. The molecule has 0 spiro atoms. The number of hydrogen-bond acceptors (Lipinski definition) is 8. The summed E-state index contributed by atoms with van der Waals surface area (Å²) in [5.74, 6) is -0.732. The number of methoxy groups -OCH3 is 1. The highest BCUT2D eigenvalue weighted by molar-refractivity contribution is 6.39. The Hall–Kier alpha value is -4.48. The monoisotopic (exact) mass is 590 g/mol. The fourth-order valence-corrected chi connectivity index (χ4v) is 5.49. The number of ether oxygens (including phenoxy) is 2. The third kappa shape index (κ3) is 6.32. The number of nitrogens with one attached hydrogen (secondary N) is 2. The van der Waals surface area contributed by atoms with E-state index in [1.165, 1.54) is 4.90 Å². The zero-order valence-electron chi connectivity index (χ0n) is 24.9. The predicted octanol–water partition coefficient (Wildman–Crippen LogP) is 3.25. The highest BCUT2D eigenvalue weighted by Gasteiger charge is 2.60. The quantitative estimate of drug-likeness (QED) is 0.418. The van der Waals surface area contributed by atoms with Crippen LogP contribution in [-0.2, 0) is 9.59 Å². The van der Waals surface area contributed by atoms with E-state index in [2.05, 4.69) is 20.6 Å². The average molecular weight is 591 g/mol. The number of aromatic nitrogens is 1. The van der Waals surface area contributed by atoms with E-state index in [9.17, 15) is 19.5 Å². The first-order chi connectivity index (χ1) is 20.6. The number of rotatable bonds is 7. The van der Waals surface area contributed by atoms with Gasteiger partial charge in [0.2, 0.25) is 5.91 Å². The number of urea groups is 1. The van der Waals surface area contributed by atoms with Crippen LogP contribution in [0.2, 0.25) is 0 Å². The largest absolute Gasteiger partial charge is 0.496 e. The summed E-state index contributed by atoms with van der Waals surface area (Å²) >= 11 is 0. The number of carbonyl (C=O) groups excluding carboxylic acids is 2. The molecule has 0 radical (unpaired) electrons. The summed E-state index contributed by atoms with van der Waals surface area (Å²) in [4.78, 5) is 53.9. The Morgan fingerprint density at radius 1 is 1.23 bits per heavy atom. The second kappa shape index (κ2) is 12.4. The summed E-state index contributed by atoms with van der Waals surface area (Å²) in [6, 6.07) is 4.08. The first-order valence-corrected chi connectivity index (χ1v) is 14.6. The van der Waals surface area contributed by atoms with Gasteiger partial charge in [0.25, 0.3) is 0 Å². The number of hydrogen-bond donors (Lipinski definition) is 3. The van der Waals surface area contributed by atoms with Crippen molar-refractivity contribution in [3.63, 3.8) is 0 Å². The van der Waals surface area contributed by atoms with Crippen LogP contribution >= 0.6 is 0 Å². The van der Waals surface area contributed by atoms with Crippen molar-refractivity contribution in [2.75, 3.05) is 27.3 Å². The summed E-state index contributed by atoms with van der Waals surface area (Å²) < 4.78 is 11.8. The molecule has 43 heavy (non-hydrogen) atoms. The fourth-order valence-electron chi connectivity index (χ4n) is 5.49. The minimum Gasteiger partial charge on any atom is -0.496 e. The van der Waals surface area contributed by atoms with Crippen LogP contribution < -0.4 is 20.1 Å². The second-order valence-electron chi connectivity index (χ2n) is 11.3. The first-order valence-electron chi connectivity index (χ1n) is 14.6. The average Bonchev–Trinajstić information content (AvgIpc) is 3.51. The molecule has 3 N–H and O–H groups in total. The lowest BCUT2D eigenvalue weighted by atomic mass is 10.1. The van der Waals surface area contributed by atoms with E-state index in [0.29, 0.717) is 41.4 Å². The Morgan fingerprint density at radius 3 is 2.77 bits per heavy atom. The third-order valence-electron chi connectivity index (χ3n) is 8.22. The Morgan fingerprint density at radius 2 is 2.05 bits per heavy atom. The number of carboxylic acids is 1. The Bertz CT molecular complexity index is 1520. The number of amides is 3. The molecule has 1 aliphatic carbocycles. The van der Waals surface area contributed by atoms with Crippen LogP contribution in [0.5, 0.6) is 11.5 Å². The lowest BCUT2D eigenvalue weighted by Crippen LogP contribution is -2.55. The van der Waals surface area contributed by atoms with Crippen LogP contribution in [0, 0.1) is 12.8 Å². The van der Waals surface area contributed by atoms with Gasteiger partial charge in [-0.1, -0.05) is 12.2 Å². The normalized spacial score (nSPS) is 26.6. The van der Waals surface area contributed by atoms with Crippen molar-refractivity contribution in [1.29, 1.82) is 0 Å². The molecule has 12 nitrogen and oxygen atoms in total. The second-order valence-corrected chi connectivity index (χ2v) is 11.3. The number of pyridine rings is 1. The molecule has 4 atom stereocenters. The van der Waals surface area contributed by atoms with Gasteiger partial charge in [-0.3, -0.25) is 14.8 Å². The predicted molar refractivity (Wildman–Crippen MR) is 162 cm³/mol. The maximum Gasteiger partial charge on any atom is 0.330 e. The highest BCUT2D eigenvalue weighted by Crippen LogP contribution is 2.45. The highest BCUT2D eigenvalue weighted by atomic mass is 16.5. The van der Waals surface area contributed by atoms with Crippen LogP contribution in [0.25, 0.3) is 10.9 Å². The molecule has 2 aliphatic heterocycles. The molecule has 1 unspecified atom stereocenters. The van der Waals surface area contributed by atoms with Gasteiger partial charge < -0.3 is 30.1 Å². The SMILES string of the molecule is COc1ccc2c(OCC[C@@H]3NC(=O)N(C)CCCC/C=C\[C@@H]4C[C@@]4(C(=O)O)NC3=O)cc(C3=NC(C)N=C3)nc2c1C. The van der Waals surface area contributed by atoms with Crippen molar-refractivity contribution in [3.05, 3.63) is 41.6 Å². The van der Waals surface area contributed by atoms with E-state index in [0.717, 1.165) is 30.2 Å². The zero-order valence-corrected chi connectivity index (χ0v) is 24.9. The van der Waals surface area contributed by atoms with E-state index in [1.807, 2.05) is 38.1 Å². The molecule has 0 saturated heterocycles. The molecule has 1 fully saturated rings. The lowest BCUT2D eigenvalue weighted by molar-refractivity contribution is -0.143. The van der Waals surface area contributed by atoms with Crippen molar-refractivity contribution >= 4 is 40.7 Å².